The molecular formula is C32H20Si. The Balaban J connectivity index is 1.41. The lowest BCUT2D eigenvalue weighted by Crippen LogP contribution is -2.28. The highest BCUT2D eigenvalue weighted by Crippen LogP contribution is 2.35. The maximum absolute atomic E-state index is 2.39. The molecule has 0 saturated carbocycles. The normalized spacial score (nSPS) is 12.4. The summed E-state index contributed by atoms with van der Waals surface area (Å²) in [6.07, 6.45) is 0. The molecule has 8 aromatic rings. The molecule has 0 aromatic heterocycles. The maximum atomic E-state index is 2.39. The maximum Gasteiger partial charge on any atom is 0.0891 e. The SMILES string of the molecule is c1cc2ccc3ccc([SiH2]c4ccc5ccc6cccc7ccc4c5c67)c4ccc(c1)c2c34. The second-order valence-electron chi connectivity index (χ2n) is 9.34. The van der Waals surface area contributed by atoms with E-state index < -0.39 is 9.52 Å². The molecule has 0 fully saturated rings. The van der Waals surface area contributed by atoms with Crippen LogP contribution in [0.5, 0.6) is 0 Å². The van der Waals surface area contributed by atoms with E-state index in [0.29, 0.717) is 0 Å². The van der Waals surface area contributed by atoms with E-state index in [-0.39, 0.29) is 0 Å². The molecule has 0 amide bonds. The molecule has 0 N–H and O–H groups in total. The van der Waals surface area contributed by atoms with E-state index in [1.54, 1.807) is 0 Å². The first-order valence-electron chi connectivity index (χ1n) is 11.7. The summed E-state index contributed by atoms with van der Waals surface area (Å²) < 4.78 is 0. The molecule has 0 nitrogen and oxygen atoms in total. The Hall–Kier alpha value is -3.94. The minimum Gasteiger partial charge on any atom is -0.0620 e. The Labute approximate surface area is 193 Å². The highest BCUT2D eigenvalue weighted by atomic mass is 28.2. The molecule has 0 unspecified atom stereocenters. The monoisotopic (exact) mass is 432 g/mol. The lowest BCUT2D eigenvalue weighted by atomic mass is 9.94. The van der Waals surface area contributed by atoms with Crippen LogP contribution in [0, 0.1) is 0 Å². The fraction of sp³-hybridized carbons (Fsp3) is 0. The molecule has 8 rings (SSSR count). The van der Waals surface area contributed by atoms with Crippen LogP contribution in [-0.2, 0) is 0 Å². The standard InChI is InChI=1S/C32H20Si/c1-3-19-7-9-23-13-17-27(25-15-11-21(5-1)29(19)31(23)25)33-28-18-14-24-10-8-20-4-2-6-22-12-16-26(28)32(24)30(20)22/h1-18H,33H2. The van der Waals surface area contributed by atoms with Gasteiger partial charge in [0.05, 0.1) is 9.52 Å². The van der Waals surface area contributed by atoms with E-state index in [1.807, 2.05) is 0 Å². The van der Waals surface area contributed by atoms with Gasteiger partial charge >= 0.3 is 0 Å². The fourth-order valence-corrected chi connectivity index (χ4v) is 7.96. The van der Waals surface area contributed by atoms with Crippen molar-refractivity contribution in [3.8, 4) is 0 Å². The van der Waals surface area contributed by atoms with Crippen molar-refractivity contribution >= 4 is 84.5 Å². The van der Waals surface area contributed by atoms with Crippen LogP contribution in [-0.4, -0.2) is 9.52 Å². The quantitative estimate of drug-likeness (QED) is 0.213. The minimum absolute atomic E-state index is 0.667. The summed E-state index contributed by atoms with van der Waals surface area (Å²) in [5.41, 5.74) is 0. The molecule has 0 saturated heterocycles. The minimum atomic E-state index is -0.667. The summed E-state index contributed by atoms with van der Waals surface area (Å²) in [4.78, 5) is 0. The second-order valence-corrected chi connectivity index (χ2v) is 11.2. The topological polar surface area (TPSA) is 0 Å². The highest BCUT2D eigenvalue weighted by Gasteiger charge is 2.14. The molecule has 0 aliphatic rings. The first-order chi connectivity index (χ1) is 16.3. The van der Waals surface area contributed by atoms with Gasteiger partial charge in [-0.1, -0.05) is 120 Å². The molecule has 0 aliphatic carbocycles. The van der Waals surface area contributed by atoms with Gasteiger partial charge in [-0.05, 0) is 64.6 Å². The zero-order valence-electron chi connectivity index (χ0n) is 18.1. The van der Waals surface area contributed by atoms with Crippen molar-refractivity contribution in [3.63, 3.8) is 0 Å². The molecule has 0 heterocycles. The van der Waals surface area contributed by atoms with Gasteiger partial charge in [0.2, 0.25) is 0 Å². The van der Waals surface area contributed by atoms with Crippen molar-refractivity contribution < 1.29 is 0 Å². The first-order valence-corrected chi connectivity index (χ1v) is 13.1. The van der Waals surface area contributed by atoms with Crippen molar-refractivity contribution in [3.05, 3.63) is 109 Å². The Morgan fingerprint density at radius 2 is 0.636 bits per heavy atom. The molecule has 0 atom stereocenters. The van der Waals surface area contributed by atoms with E-state index in [9.17, 15) is 0 Å². The van der Waals surface area contributed by atoms with Crippen LogP contribution in [0.4, 0.5) is 0 Å². The van der Waals surface area contributed by atoms with Gasteiger partial charge in [0.15, 0.2) is 0 Å². The van der Waals surface area contributed by atoms with Gasteiger partial charge in [0.25, 0.3) is 0 Å². The summed E-state index contributed by atoms with van der Waals surface area (Å²) in [7, 11) is -0.667. The van der Waals surface area contributed by atoms with Gasteiger partial charge in [0, 0.05) is 0 Å². The predicted octanol–water partition coefficient (Wildman–Crippen LogP) is 6.60. The van der Waals surface area contributed by atoms with E-state index in [0.717, 1.165) is 0 Å². The van der Waals surface area contributed by atoms with E-state index in [2.05, 4.69) is 109 Å². The van der Waals surface area contributed by atoms with Gasteiger partial charge in [0.1, 0.15) is 0 Å². The van der Waals surface area contributed by atoms with Gasteiger partial charge in [-0.3, -0.25) is 0 Å². The third-order valence-corrected chi connectivity index (χ3v) is 9.61. The summed E-state index contributed by atoms with van der Waals surface area (Å²) >= 11 is 0. The lowest BCUT2D eigenvalue weighted by Gasteiger charge is -2.16. The Morgan fingerprint density at radius 1 is 0.303 bits per heavy atom. The van der Waals surface area contributed by atoms with Crippen LogP contribution in [0.25, 0.3) is 64.6 Å². The van der Waals surface area contributed by atoms with Gasteiger partial charge in [-0.2, -0.15) is 0 Å². The molecule has 33 heavy (non-hydrogen) atoms. The smallest absolute Gasteiger partial charge is 0.0620 e. The van der Waals surface area contributed by atoms with Crippen LogP contribution in [0.3, 0.4) is 0 Å². The predicted molar refractivity (Wildman–Crippen MR) is 148 cm³/mol. The van der Waals surface area contributed by atoms with E-state index in [4.69, 9.17) is 0 Å². The number of benzene rings is 8. The lowest BCUT2D eigenvalue weighted by molar-refractivity contribution is 1.79. The van der Waals surface area contributed by atoms with Gasteiger partial charge in [-0.25, -0.2) is 0 Å². The average molecular weight is 433 g/mol. The fourth-order valence-electron chi connectivity index (χ4n) is 6.10. The van der Waals surface area contributed by atoms with Crippen LogP contribution in [0.2, 0.25) is 0 Å². The largest absolute Gasteiger partial charge is 0.0891 e. The van der Waals surface area contributed by atoms with Crippen LogP contribution in [0.1, 0.15) is 0 Å². The number of hydrogen-bond acceptors (Lipinski definition) is 0. The molecule has 0 bridgehead atoms. The molecule has 0 aliphatic heterocycles. The van der Waals surface area contributed by atoms with Crippen LogP contribution < -0.4 is 10.4 Å². The Morgan fingerprint density at radius 3 is 1.06 bits per heavy atom. The third-order valence-electron chi connectivity index (χ3n) is 7.62. The molecular weight excluding hydrogens is 412 g/mol. The second kappa shape index (κ2) is 6.31. The summed E-state index contributed by atoms with van der Waals surface area (Å²) in [6, 6.07) is 41.2. The van der Waals surface area contributed by atoms with E-state index >= 15 is 0 Å². The number of rotatable bonds is 2. The first kappa shape index (κ1) is 17.6. The zero-order chi connectivity index (χ0) is 21.5. The average Bonchev–Trinajstić information content (AvgIpc) is 2.87. The molecule has 0 radical (unpaired) electrons. The summed E-state index contributed by atoms with van der Waals surface area (Å²) in [5, 5.41) is 19.7. The third kappa shape index (κ3) is 2.35. The highest BCUT2D eigenvalue weighted by molar-refractivity contribution is 6.72. The summed E-state index contributed by atoms with van der Waals surface area (Å²) in [6.45, 7) is 0. The number of hydrogen-bond donors (Lipinski definition) is 0. The molecule has 1 heteroatoms. The van der Waals surface area contributed by atoms with Crippen LogP contribution >= 0.6 is 0 Å². The van der Waals surface area contributed by atoms with Gasteiger partial charge < -0.3 is 0 Å². The molecule has 152 valence electrons. The Kier molecular flexibility index (Phi) is 3.36. The molecule has 0 spiro atoms. The van der Waals surface area contributed by atoms with Crippen LogP contribution in [0.15, 0.2) is 109 Å². The van der Waals surface area contributed by atoms with Crippen molar-refractivity contribution in [1.82, 2.24) is 0 Å². The van der Waals surface area contributed by atoms with Crippen molar-refractivity contribution in [2.45, 2.75) is 0 Å². The molecule has 8 aromatic carbocycles. The Bertz CT molecular complexity index is 1820. The van der Waals surface area contributed by atoms with E-state index in [1.165, 1.54) is 75.0 Å². The summed E-state index contributed by atoms with van der Waals surface area (Å²) in [5.74, 6) is 0. The van der Waals surface area contributed by atoms with Crippen molar-refractivity contribution in [1.29, 1.82) is 0 Å². The zero-order valence-corrected chi connectivity index (χ0v) is 19.5. The van der Waals surface area contributed by atoms with Crippen molar-refractivity contribution in [2.24, 2.45) is 0 Å². The van der Waals surface area contributed by atoms with Gasteiger partial charge in [-0.15, -0.1) is 0 Å². The van der Waals surface area contributed by atoms with Crippen molar-refractivity contribution in [2.75, 3.05) is 0 Å².